The molecule has 0 aliphatic heterocycles. The maximum atomic E-state index is 15.3. The summed E-state index contributed by atoms with van der Waals surface area (Å²) in [5.41, 5.74) is 4.67. The van der Waals surface area contributed by atoms with Gasteiger partial charge in [0.1, 0.15) is 17.5 Å². The van der Waals surface area contributed by atoms with Gasteiger partial charge in [0, 0.05) is 18.8 Å². The van der Waals surface area contributed by atoms with Crippen LogP contribution in [-0.4, -0.2) is 23.4 Å². The van der Waals surface area contributed by atoms with E-state index in [-0.39, 0.29) is 42.3 Å². The first-order valence-electron chi connectivity index (χ1n) is 15.5. The summed E-state index contributed by atoms with van der Waals surface area (Å²) in [5, 5.41) is 18.4. The fourth-order valence-electron chi connectivity index (χ4n) is 6.56. The van der Waals surface area contributed by atoms with Crippen molar-refractivity contribution in [3.63, 3.8) is 0 Å². The lowest BCUT2D eigenvalue weighted by molar-refractivity contribution is 0.262. The number of aliphatic hydroxyl groups is 2. The third-order valence-corrected chi connectivity index (χ3v) is 8.93. The number of hydrogen-bond acceptors (Lipinski definition) is 2. The second-order valence-corrected chi connectivity index (χ2v) is 11.8. The van der Waals surface area contributed by atoms with Gasteiger partial charge in [0.25, 0.3) is 0 Å². The Morgan fingerprint density at radius 2 is 1.27 bits per heavy atom. The molecule has 2 N–H and O–H groups in total. The van der Waals surface area contributed by atoms with Crippen LogP contribution in [0.15, 0.2) is 54.6 Å². The van der Waals surface area contributed by atoms with E-state index in [0.29, 0.717) is 31.2 Å². The van der Waals surface area contributed by atoms with E-state index in [2.05, 4.69) is 31.2 Å². The summed E-state index contributed by atoms with van der Waals surface area (Å²) < 4.78 is 45.7. The molecule has 0 unspecified atom stereocenters. The van der Waals surface area contributed by atoms with Gasteiger partial charge in [-0.1, -0.05) is 56.2 Å². The maximum absolute atomic E-state index is 15.3. The van der Waals surface area contributed by atoms with E-state index in [4.69, 9.17) is 0 Å². The predicted molar refractivity (Wildman–Crippen MR) is 161 cm³/mol. The number of rotatable bonds is 14. The lowest BCUT2D eigenvalue weighted by Gasteiger charge is -2.30. The Bertz CT molecular complexity index is 1200. The van der Waals surface area contributed by atoms with Crippen molar-refractivity contribution in [1.29, 1.82) is 0 Å². The molecule has 0 bridgehead atoms. The van der Waals surface area contributed by atoms with E-state index in [9.17, 15) is 10.2 Å². The molecule has 2 nitrogen and oxygen atoms in total. The minimum Gasteiger partial charge on any atom is -0.396 e. The minimum absolute atomic E-state index is 0.0319. The maximum Gasteiger partial charge on any atom is 0.129 e. The van der Waals surface area contributed by atoms with Crippen molar-refractivity contribution in [1.82, 2.24) is 0 Å². The largest absolute Gasteiger partial charge is 0.396 e. The molecule has 1 aliphatic carbocycles. The molecule has 3 aromatic carbocycles. The Hall–Kier alpha value is -2.63. The van der Waals surface area contributed by atoms with Crippen LogP contribution in [0.3, 0.4) is 0 Å². The van der Waals surface area contributed by atoms with Crippen LogP contribution in [0.4, 0.5) is 13.2 Å². The Kier molecular flexibility index (Phi) is 11.9. The monoisotopic (exact) mass is 566 g/mol. The third kappa shape index (κ3) is 8.23. The van der Waals surface area contributed by atoms with Crippen molar-refractivity contribution in [2.45, 2.75) is 102 Å². The van der Waals surface area contributed by atoms with Crippen molar-refractivity contribution in [3.8, 4) is 11.1 Å². The smallest absolute Gasteiger partial charge is 0.129 e. The van der Waals surface area contributed by atoms with Crippen LogP contribution >= 0.6 is 0 Å². The van der Waals surface area contributed by atoms with Crippen LogP contribution in [-0.2, 0) is 6.42 Å². The van der Waals surface area contributed by atoms with Gasteiger partial charge in [0.15, 0.2) is 0 Å². The van der Waals surface area contributed by atoms with E-state index in [0.717, 1.165) is 48.8 Å². The normalized spacial score (nSPS) is 17.3. The molecule has 222 valence electrons. The highest BCUT2D eigenvalue weighted by Crippen LogP contribution is 2.43. The van der Waals surface area contributed by atoms with Crippen LogP contribution in [0.1, 0.15) is 118 Å². The van der Waals surface area contributed by atoms with E-state index in [1.165, 1.54) is 37.0 Å². The summed E-state index contributed by atoms with van der Waals surface area (Å²) in [6, 6.07) is 16.9. The van der Waals surface area contributed by atoms with E-state index in [1.54, 1.807) is 6.07 Å². The molecule has 0 radical (unpaired) electrons. The molecule has 0 heterocycles. The minimum atomic E-state index is -0.543. The second-order valence-electron chi connectivity index (χ2n) is 11.8. The van der Waals surface area contributed by atoms with E-state index >= 15 is 13.2 Å². The van der Waals surface area contributed by atoms with Gasteiger partial charge in [0.05, 0.1) is 0 Å². The van der Waals surface area contributed by atoms with E-state index < -0.39 is 11.6 Å². The molecule has 41 heavy (non-hydrogen) atoms. The average Bonchev–Trinajstić information content (AvgIpc) is 2.98. The molecule has 1 saturated carbocycles. The highest BCUT2D eigenvalue weighted by Gasteiger charge is 2.28. The Labute approximate surface area is 243 Å². The number of benzene rings is 3. The SMILES string of the molecule is CCCCCc1ccc(-c2ccc(C3CCC(c4cc(F)c(C(CCCO)CCCO)c(F)c4)CC3)c(F)c2)cc1. The Morgan fingerprint density at radius 3 is 1.83 bits per heavy atom. The molecular weight excluding hydrogens is 521 g/mol. The molecular formula is C36H45F3O2. The van der Waals surface area contributed by atoms with E-state index in [1.807, 2.05) is 12.1 Å². The Morgan fingerprint density at radius 1 is 0.683 bits per heavy atom. The second kappa shape index (κ2) is 15.6. The van der Waals surface area contributed by atoms with Crippen LogP contribution < -0.4 is 0 Å². The van der Waals surface area contributed by atoms with Gasteiger partial charge in [-0.25, -0.2) is 13.2 Å². The van der Waals surface area contributed by atoms with Crippen LogP contribution in [0, 0.1) is 17.5 Å². The first-order chi connectivity index (χ1) is 19.9. The zero-order valence-corrected chi connectivity index (χ0v) is 24.4. The third-order valence-electron chi connectivity index (χ3n) is 8.93. The molecule has 0 amide bonds. The molecule has 0 saturated heterocycles. The summed E-state index contributed by atoms with van der Waals surface area (Å²) in [7, 11) is 0. The molecule has 0 aromatic heterocycles. The van der Waals surface area contributed by atoms with Crippen LogP contribution in [0.2, 0.25) is 0 Å². The number of halogens is 3. The molecule has 5 heteroatoms. The number of aryl methyl sites for hydroxylation is 1. The zero-order chi connectivity index (χ0) is 29.2. The fourth-order valence-corrected chi connectivity index (χ4v) is 6.56. The van der Waals surface area contributed by atoms with Crippen LogP contribution in [0.5, 0.6) is 0 Å². The summed E-state index contributed by atoms with van der Waals surface area (Å²) >= 11 is 0. The van der Waals surface area contributed by atoms with Gasteiger partial charge in [-0.3, -0.25) is 0 Å². The van der Waals surface area contributed by atoms with Gasteiger partial charge in [-0.15, -0.1) is 0 Å². The van der Waals surface area contributed by atoms with Crippen molar-refractivity contribution < 1.29 is 23.4 Å². The first kappa shape index (κ1) is 31.3. The van der Waals surface area contributed by atoms with Gasteiger partial charge in [-0.2, -0.15) is 0 Å². The van der Waals surface area contributed by atoms with Gasteiger partial charge in [-0.05, 0) is 128 Å². The van der Waals surface area contributed by atoms with Gasteiger partial charge < -0.3 is 10.2 Å². The van der Waals surface area contributed by atoms with Gasteiger partial charge >= 0.3 is 0 Å². The van der Waals surface area contributed by atoms with Crippen molar-refractivity contribution >= 4 is 0 Å². The van der Waals surface area contributed by atoms with Crippen molar-refractivity contribution in [2.24, 2.45) is 0 Å². The number of aliphatic hydroxyl groups excluding tert-OH is 2. The predicted octanol–water partition coefficient (Wildman–Crippen LogP) is 9.57. The van der Waals surface area contributed by atoms with Crippen LogP contribution in [0.25, 0.3) is 11.1 Å². The van der Waals surface area contributed by atoms with Gasteiger partial charge in [0.2, 0.25) is 0 Å². The zero-order valence-electron chi connectivity index (χ0n) is 24.4. The fraction of sp³-hybridized carbons (Fsp3) is 0.500. The highest BCUT2D eigenvalue weighted by molar-refractivity contribution is 5.64. The highest BCUT2D eigenvalue weighted by atomic mass is 19.1. The summed E-state index contributed by atoms with van der Waals surface area (Å²) in [6.45, 7) is 2.14. The average molecular weight is 567 g/mol. The first-order valence-corrected chi connectivity index (χ1v) is 15.5. The quantitative estimate of drug-likeness (QED) is 0.191. The molecule has 1 fully saturated rings. The molecule has 3 aromatic rings. The standard InChI is InChI=1S/C36H45F3O2/c1-2-3-4-7-25-10-12-26(13-11-25)30-18-19-32(33(37)22-30)28-16-14-27(15-17-28)31-23-34(38)36(35(39)24-31)29(8-5-20-40)9-6-21-41/h10-13,18-19,22-24,27-29,40-41H,2-9,14-17,20-21H2,1H3. The summed E-state index contributed by atoms with van der Waals surface area (Å²) in [6.07, 6.45) is 9.62. The topological polar surface area (TPSA) is 40.5 Å². The molecule has 1 aliphatic rings. The number of hydrogen-bond donors (Lipinski definition) is 2. The van der Waals surface area contributed by atoms with Crippen molar-refractivity contribution in [3.05, 3.63) is 94.3 Å². The molecule has 4 rings (SSSR count). The summed E-state index contributed by atoms with van der Waals surface area (Å²) in [5.74, 6) is -1.51. The van der Waals surface area contributed by atoms with Crippen molar-refractivity contribution in [2.75, 3.05) is 13.2 Å². The lowest BCUT2D eigenvalue weighted by atomic mass is 9.75. The Balaban J connectivity index is 1.40. The molecule has 0 atom stereocenters. The lowest BCUT2D eigenvalue weighted by Crippen LogP contribution is -2.15. The number of unbranched alkanes of at least 4 members (excludes halogenated alkanes) is 2. The summed E-state index contributed by atoms with van der Waals surface area (Å²) in [4.78, 5) is 0. The molecule has 0 spiro atoms.